The average Bonchev–Trinajstić information content (AvgIpc) is 2.56. The van der Waals surface area contributed by atoms with Gasteiger partial charge in [-0.05, 0) is 46.5 Å². The van der Waals surface area contributed by atoms with Crippen molar-refractivity contribution in [1.82, 2.24) is 0 Å². The molecule has 8 heteroatoms. The minimum atomic E-state index is -0.988. The van der Waals surface area contributed by atoms with E-state index >= 15 is 0 Å². The van der Waals surface area contributed by atoms with Gasteiger partial charge < -0.3 is 18.9 Å². The lowest BCUT2D eigenvalue weighted by molar-refractivity contribution is -0.174. The highest BCUT2D eigenvalue weighted by atomic mass is 79.9. The number of hydrogen-bond acceptors (Lipinski definition) is 7. The van der Waals surface area contributed by atoms with Crippen LogP contribution in [0.1, 0.15) is 46.5 Å². The van der Waals surface area contributed by atoms with Gasteiger partial charge in [0.1, 0.15) is 17.5 Å². The van der Waals surface area contributed by atoms with Gasteiger partial charge in [0.05, 0.1) is 12.0 Å². The van der Waals surface area contributed by atoms with Gasteiger partial charge in [0.2, 0.25) is 0 Å². The van der Waals surface area contributed by atoms with Gasteiger partial charge in [-0.15, -0.1) is 0 Å². The van der Waals surface area contributed by atoms with E-state index in [-0.39, 0.29) is 38.5 Å². The topological polar surface area (TPSA) is 71.1 Å². The maximum Gasteiger partial charge on any atom is 0.322 e. The maximum absolute atomic E-state index is 12.3. The highest BCUT2D eigenvalue weighted by Crippen LogP contribution is 2.35. The standard InChI is InChI=1S/C17H29BrO6S/c1-16(2,14(19)24-10-11-25)12-17(3,18)15(20)23-9-8-22-13-6-4-5-7-21-13/h13,25H,4-12H2,1-3H3. The summed E-state index contributed by atoms with van der Waals surface area (Å²) in [7, 11) is 0. The molecule has 2 atom stereocenters. The van der Waals surface area contributed by atoms with Gasteiger partial charge in [-0.25, -0.2) is 0 Å². The SMILES string of the molecule is CC(C)(CC(C)(Br)C(=O)OCCOC1CCCCO1)C(=O)OCCS. The third kappa shape index (κ3) is 8.28. The molecule has 1 rings (SSSR count). The first-order valence-corrected chi connectivity index (χ1v) is 9.99. The van der Waals surface area contributed by atoms with Gasteiger partial charge in [0.15, 0.2) is 6.29 Å². The van der Waals surface area contributed by atoms with E-state index in [1.165, 1.54) is 0 Å². The van der Waals surface area contributed by atoms with Crippen LogP contribution in [-0.2, 0) is 28.5 Å². The molecule has 0 saturated carbocycles. The Hall–Kier alpha value is -0.310. The van der Waals surface area contributed by atoms with Crippen LogP contribution in [0.15, 0.2) is 0 Å². The Kier molecular flexibility index (Phi) is 9.77. The van der Waals surface area contributed by atoms with Gasteiger partial charge in [0.25, 0.3) is 0 Å². The molecule has 1 aliphatic rings. The molecule has 0 aromatic carbocycles. The lowest BCUT2D eigenvalue weighted by Gasteiger charge is -2.30. The Morgan fingerprint density at radius 3 is 2.40 bits per heavy atom. The second kappa shape index (κ2) is 10.7. The lowest BCUT2D eigenvalue weighted by Crippen LogP contribution is -2.40. The first-order valence-electron chi connectivity index (χ1n) is 8.56. The third-order valence-electron chi connectivity index (χ3n) is 3.83. The van der Waals surface area contributed by atoms with Crippen molar-refractivity contribution in [2.75, 3.05) is 32.2 Å². The molecule has 25 heavy (non-hydrogen) atoms. The van der Waals surface area contributed by atoms with E-state index in [0.29, 0.717) is 12.4 Å². The van der Waals surface area contributed by atoms with Crippen molar-refractivity contribution in [2.24, 2.45) is 5.41 Å². The molecule has 0 aromatic heterocycles. The second-order valence-corrected chi connectivity index (χ2v) is 9.12. The van der Waals surface area contributed by atoms with Crippen LogP contribution in [0.25, 0.3) is 0 Å². The van der Waals surface area contributed by atoms with E-state index in [9.17, 15) is 9.59 Å². The summed E-state index contributed by atoms with van der Waals surface area (Å²) in [6.07, 6.45) is 3.05. The zero-order chi connectivity index (χ0) is 18.9. The van der Waals surface area contributed by atoms with E-state index in [1.54, 1.807) is 20.8 Å². The number of ether oxygens (including phenoxy) is 4. The van der Waals surface area contributed by atoms with Crippen molar-refractivity contribution in [2.45, 2.75) is 57.1 Å². The van der Waals surface area contributed by atoms with Gasteiger partial charge in [-0.2, -0.15) is 12.6 Å². The number of carbonyl (C=O) groups is 2. The minimum Gasteiger partial charge on any atom is -0.464 e. The van der Waals surface area contributed by atoms with Crippen LogP contribution in [0, 0.1) is 5.41 Å². The smallest absolute Gasteiger partial charge is 0.322 e. The summed E-state index contributed by atoms with van der Waals surface area (Å²) in [5, 5.41) is 0. The number of alkyl halides is 1. The second-order valence-electron chi connectivity index (χ2n) is 6.92. The van der Waals surface area contributed by atoms with E-state index in [2.05, 4.69) is 28.6 Å². The molecule has 0 aromatic rings. The van der Waals surface area contributed by atoms with Crippen molar-refractivity contribution in [3.63, 3.8) is 0 Å². The molecule has 0 bridgehead atoms. The predicted molar refractivity (Wildman–Crippen MR) is 101 cm³/mol. The number of rotatable bonds is 10. The number of esters is 2. The summed E-state index contributed by atoms with van der Waals surface area (Å²) >= 11 is 7.40. The molecule has 6 nitrogen and oxygen atoms in total. The normalized spacial score (nSPS) is 20.6. The van der Waals surface area contributed by atoms with Crippen molar-refractivity contribution in [1.29, 1.82) is 0 Å². The van der Waals surface area contributed by atoms with Crippen LogP contribution in [0.5, 0.6) is 0 Å². The highest BCUT2D eigenvalue weighted by molar-refractivity contribution is 9.10. The summed E-state index contributed by atoms with van der Waals surface area (Å²) < 4.78 is 20.4. The number of thiol groups is 1. The molecule has 1 aliphatic heterocycles. The molecule has 0 amide bonds. The molecule has 1 heterocycles. The van der Waals surface area contributed by atoms with Crippen LogP contribution in [0.4, 0.5) is 0 Å². The summed E-state index contributed by atoms with van der Waals surface area (Å²) in [5.74, 6) is -0.339. The molecular formula is C17H29BrO6S. The van der Waals surface area contributed by atoms with Crippen LogP contribution < -0.4 is 0 Å². The number of hydrogen-bond donors (Lipinski definition) is 1. The first kappa shape index (κ1) is 22.7. The quantitative estimate of drug-likeness (QED) is 0.243. The van der Waals surface area contributed by atoms with Crippen molar-refractivity contribution in [3.8, 4) is 0 Å². The highest BCUT2D eigenvalue weighted by Gasteiger charge is 2.42. The van der Waals surface area contributed by atoms with Crippen LogP contribution in [0.2, 0.25) is 0 Å². The Bertz CT molecular complexity index is 435. The summed E-state index contributed by atoms with van der Waals surface area (Å²) in [6, 6.07) is 0. The van der Waals surface area contributed by atoms with E-state index < -0.39 is 15.7 Å². The minimum absolute atomic E-state index is 0.143. The zero-order valence-electron chi connectivity index (χ0n) is 15.2. The van der Waals surface area contributed by atoms with E-state index in [4.69, 9.17) is 18.9 Å². The maximum atomic E-state index is 12.3. The zero-order valence-corrected chi connectivity index (χ0v) is 17.7. The molecule has 0 radical (unpaired) electrons. The lowest BCUT2D eigenvalue weighted by atomic mass is 9.83. The molecule has 0 aliphatic carbocycles. The Balaban J connectivity index is 2.37. The molecule has 1 fully saturated rings. The fourth-order valence-electron chi connectivity index (χ4n) is 2.62. The van der Waals surface area contributed by atoms with E-state index in [1.807, 2.05) is 0 Å². The predicted octanol–water partition coefficient (Wildman–Crippen LogP) is 3.12. The van der Waals surface area contributed by atoms with Gasteiger partial charge in [-0.1, -0.05) is 15.9 Å². The molecule has 0 N–H and O–H groups in total. The molecule has 146 valence electrons. The van der Waals surface area contributed by atoms with Crippen LogP contribution >= 0.6 is 28.6 Å². The summed E-state index contributed by atoms with van der Waals surface area (Å²) in [6.45, 7) is 6.55. The Labute approximate surface area is 163 Å². The van der Waals surface area contributed by atoms with Crippen molar-refractivity contribution >= 4 is 40.5 Å². The summed E-state index contributed by atoms with van der Waals surface area (Å²) in [4.78, 5) is 24.4. The van der Waals surface area contributed by atoms with Crippen molar-refractivity contribution < 1.29 is 28.5 Å². The van der Waals surface area contributed by atoms with Gasteiger partial charge in [-0.3, -0.25) is 9.59 Å². The molecule has 2 unspecified atom stereocenters. The van der Waals surface area contributed by atoms with Crippen LogP contribution in [-0.4, -0.2) is 54.7 Å². The monoisotopic (exact) mass is 440 g/mol. The van der Waals surface area contributed by atoms with E-state index in [0.717, 1.165) is 19.3 Å². The largest absolute Gasteiger partial charge is 0.464 e. The summed E-state index contributed by atoms with van der Waals surface area (Å²) in [5.41, 5.74) is -0.827. The van der Waals surface area contributed by atoms with Crippen LogP contribution in [0.3, 0.4) is 0 Å². The number of halogens is 1. The fourth-order valence-corrected chi connectivity index (χ4v) is 3.52. The van der Waals surface area contributed by atoms with Gasteiger partial charge in [0, 0.05) is 12.4 Å². The number of carbonyl (C=O) groups excluding carboxylic acids is 2. The average molecular weight is 441 g/mol. The fraction of sp³-hybridized carbons (Fsp3) is 0.882. The molecule has 0 spiro atoms. The Morgan fingerprint density at radius 1 is 1.12 bits per heavy atom. The van der Waals surface area contributed by atoms with Crippen molar-refractivity contribution in [3.05, 3.63) is 0 Å². The van der Waals surface area contributed by atoms with Gasteiger partial charge >= 0.3 is 11.9 Å². The molecule has 1 saturated heterocycles. The third-order valence-corrected chi connectivity index (χ3v) is 4.62. The first-order chi connectivity index (χ1) is 11.7. The Morgan fingerprint density at radius 2 is 1.80 bits per heavy atom. The molecular weight excluding hydrogens is 412 g/mol.